The lowest BCUT2D eigenvalue weighted by Gasteiger charge is -2.12. The number of nitrogens with zero attached hydrogens (tertiary/aromatic N) is 1. The van der Waals surface area contributed by atoms with E-state index in [1.54, 1.807) is 19.1 Å². The number of hydrogen-bond acceptors (Lipinski definition) is 3. The number of rotatable bonds is 3. The van der Waals surface area contributed by atoms with E-state index >= 15 is 0 Å². The van der Waals surface area contributed by atoms with Crippen LogP contribution in [0.5, 0.6) is 0 Å². The lowest BCUT2D eigenvalue weighted by Crippen LogP contribution is -2.14. The topological polar surface area (TPSA) is 59.1 Å². The minimum atomic E-state index is -3.67. The third-order valence-corrected chi connectivity index (χ3v) is 5.97. The van der Waals surface area contributed by atoms with Crippen molar-refractivity contribution in [1.29, 1.82) is 0 Å². The summed E-state index contributed by atoms with van der Waals surface area (Å²) in [6, 6.07) is 12.8. The molecule has 1 aromatic heterocycles. The largest absolute Gasteiger partial charge is 0.278 e. The van der Waals surface area contributed by atoms with Crippen LogP contribution in [-0.4, -0.2) is 13.4 Å². The van der Waals surface area contributed by atoms with E-state index in [0.717, 1.165) is 20.9 Å². The third-order valence-electron chi connectivity index (χ3n) is 3.59. The molecular formula is C17H15BrN2O2S. The molecule has 0 unspecified atom stereocenters. The van der Waals surface area contributed by atoms with Crippen LogP contribution in [0.25, 0.3) is 10.9 Å². The van der Waals surface area contributed by atoms with E-state index in [1.165, 1.54) is 6.20 Å². The molecule has 2 aromatic carbocycles. The molecule has 0 bridgehead atoms. The minimum Gasteiger partial charge on any atom is -0.278 e. The zero-order valence-corrected chi connectivity index (χ0v) is 15.1. The number of aryl methyl sites for hydroxylation is 2. The fourth-order valence-corrected chi connectivity index (χ4v) is 4.22. The van der Waals surface area contributed by atoms with E-state index in [-0.39, 0.29) is 4.90 Å². The van der Waals surface area contributed by atoms with Crippen LogP contribution in [0.1, 0.15) is 11.1 Å². The van der Waals surface area contributed by atoms with Gasteiger partial charge in [-0.15, -0.1) is 0 Å². The molecule has 4 nitrogen and oxygen atoms in total. The van der Waals surface area contributed by atoms with Crippen LogP contribution in [0.4, 0.5) is 5.69 Å². The van der Waals surface area contributed by atoms with Gasteiger partial charge >= 0.3 is 0 Å². The summed E-state index contributed by atoms with van der Waals surface area (Å²) >= 11 is 3.39. The number of fused-ring (bicyclic) bond motifs is 1. The quantitative estimate of drug-likeness (QED) is 0.719. The van der Waals surface area contributed by atoms with Crippen molar-refractivity contribution in [3.63, 3.8) is 0 Å². The van der Waals surface area contributed by atoms with E-state index in [0.29, 0.717) is 11.3 Å². The molecule has 0 fully saturated rings. The van der Waals surface area contributed by atoms with E-state index < -0.39 is 10.0 Å². The van der Waals surface area contributed by atoms with Crippen LogP contribution < -0.4 is 4.72 Å². The molecule has 0 spiro atoms. The molecule has 0 aliphatic rings. The van der Waals surface area contributed by atoms with Crippen LogP contribution in [-0.2, 0) is 10.0 Å². The molecule has 0 aliphatic carbocycles. The molecule has 1 N–H and O–H groups in total. The van der Waals surface area contributed by atoms with Crippen LogP contribution in [0.3, 0.4) is 0 Å². The van der Waals surface area contributed by atoms with Crippen molar-refractivity contribution in [3.05, 3.63) is 64.3 Å². The number of sulfonamides is 1. The summed E-state index contributed by atoms with van der Waals surface area (Å²) in [5.41, 5.74) is 2.96. The van der Waals surface area contributed by atoms with Crippen LogP contribution in [0.15, 0.2) is 58.0 Å². The third kappa shape index (κ3) is 3.23. The summed E-state index contributed by atoms with van der Waals surface area (Å²) in [6.45, 7) is 3.71. The average Bonchev–Trinajstić information content (AvgIpc) is 2.50. The molecular weight excluding hydrogens is 376 g/mol. The molecule has 0 amide bonds. The Labute approximate surface area is 143 Å². The second-order valence-electron chi connectivity index (χ2n) is 5.39. The normalized spacial score (nSPS) is 11.6. The Morgan fingerprint density at radius 1 is 1.04 bits per heavy atom. The Hall–Kier alpha value is -1.92. The smallest absolute Gasteiger partial charge is 0.262 e. The van der Waals surface area contributed by atoms with Crippen molar-refractivity contribution in [2.45, 2.75) is 18.7 Å². The van der Waals surface area contributed by atoms with E-state index in [9.17, 15) is 8.42 Å². The Morgan fingerprint density at radius 3 is 2.57 bits per heavy atom. The van der Waals surface area contributed by atoms with E-state index in [1.807, 2.05) is 37.3 Å². The van der Waals surface area contributed by atoms with E-state index in [2.05, 4.69) is 25.6 Å². The maximum absolute atomic E-state index is 12.7. The average molecular weight is 391 g/mol. The standard InChI is InChI=1S/C17H15BrN2O2S/c1-11-7-12(2)17(9-15(11)18)23(21,22)20-14-8-13-5-3-4-6-16(13)19-10-14/h3-10,20H,1-2H3. The highest BCUT2D eigenvalue weighted by Crippen LogP contribution is 2.26. The highest BCUT2D eigenvalue weighted by atomic mass is 79.9. The number of halogens is 1. The van der Waals surface area contributed by atoms with Gasteiger partial charge in [0.2, 0.25) is 0 Å². The molecule has 118 valence electrons. The molecule has 23 heavy (non-hydrogen) atoms. The Morgan fingerprint density at radius 2 is 1.78 bits per heavy atom. The van der Waals surface area contributed by atoms with Gasteiger partial charge in [-0.1, -0.05) is 40.2 Å². The van der Waals surface area contributed by atoms with Crippen molar-refractivity contribution in [3.8, 4) is 0 Å². The summed E-state index contributed by atoms with van der Waals surface area (Å²) in [5.74, 6) is 0. The first-order valence-electron chi connectivity index (χ1n) is 7.01. The van der Waals surface area contributed by atoms with Gasteiger partial charge < -0.3 is 0 Å². The van der Waals surface area contributed by atoms with Gasteiger partial charge in [0.25, 0.3) is 10.0 Å². The van der Waals surface area contributed by atoms with Gasteiger partial charge in [-0.05, 0) is 43.2 Å². The van der Waals surface area contributed by atoms with E-state index in [4.69, 9.17) is 0 Å². The number of pyridine rings is 1. The fourth-order valence-electron chi connectivity index (χ4n) is 2.43. The number of benzene rings is 2. The molecule has 0 saturated heterocycles. The van der Waals surface area contributed by atoms with Crippen LogP contribution in [0, 0.1) is 13.8 Å². The maximum atomic E-state index is 12.7. The Kier molecular flexibility index (Phi) is 4.12. The molecule has 3 rings (SSSR count). The lowest BCUT2D eigenvalue weighted by atomic mass is 10.2. The maximum Gasteiger partial charge on any atom is 0.262 e. The number of nitrogens with one attached hydrogen (secondary N) is 1. The van der Waals surface area contributed by atoms with Gasteiger partial charge in [-0.25, -0.2) is 8.42 Å². The fraction of sp³-hybridized carbons (Fsp3) is 0.118. The number of para-hydroxylation sites is 1. The predicted octanol–water partition coefficient (Wildman–Crippen LogP) is 4.41. The van der Waals surface area contributed by atoms with Gasteiger partial charge in [0.1, 0.15) is 0 Å². The molecule has 3 aromatic rings. The van der Waals surface area contributed by atoms with Crippen LogP contribution in [0.2, 0.25) is 0 Å². The molecule has 0 radical (unpaired) electrons. The molecule has 6 heteroatoms. The summed E-state index contributed by atoms with van der Waals surface area (Å²) in [5, 5.41) is 0.884. The van der Waals surface area contributed by atoms with Gasteiger partial charge in [0, 0.05) is 9.86 Å². The first-order chi connectivity index (χ1) is 10.9. The highest BCUT2D eigenvalue weighted by Gasteiger charge is 2.18. The molecule has 0 saturated carbocycles. The Bertz CT molecular complexity index is 1000. The van der Waals surface area contributed by atoms with Crippen molar-refractivity contribution in [1.82, 2.24) is 4.98 Å². The molecule has 0 atom stereocenters. The molecule has 1 heterocycles. The zero-order valence-electron chi connectivity index (χ0n) is 12.7. The number of aromatic nitrogens is 1. The van der Waals surface area contributed by atoms with Crippen molar-refractivity contribution < 1.29 is 8.42 Å². The first kappa shape index (κ1) is 16.0. The van der Waals surface area contributed by atoms with Gasteiger partial charge in [0.15, 0.2) is 0 Å². The zero-order chi connectivity index (χ0) is 16.6. The number of anilines is 1. The second kappa shape index (κ2) is 5.94. The monoisotopic (exact) mass is 390 g/mol. The Balaban J connectivity index is 2.01. The van der Waals surface area contributed by atoms with Crippen molar-refractivity contribution >= 4 is 42.5 Å². The second-order valence-corrected chi connectivity index (χ2v) is 7.89. The predicted molar refractivity (Wildman–Crippen MR) is 96.2 cm³/mol. The summed E-state index contributed by atoms with van der Waals surface area (Å²) in [4.78, 5) is 4.53. The minimum absolute atomic E-state index is 0.253. The van der Waals surface area contributed by atoms with Gasteiger partial charge in [-0.3, -0.25) is 9.71 Å². The van der Waals surface area contributed by atoms with Crippen molar-refractivity contribution in [2.75, 3.05) is 4.72 Å². The van der Waals surface area contributed by atoms with Gasteiger partial charge in [-0.2, -0.15) is 0 Å². The van der Waals surface area contributed by atoms with Crippen LogP contribution >= 0.6 is 15.9 Å². The number of hydrogen-bond donors (Lipinski definition) is 1. The van der Waals surface area contributed by atoms with Crippen molar-refractivity contribution in [2.24, 2.45) is 0 Å². The summed E-state index contributed by atoms with van der Waals surface area (Å²) in [6.07, 6.45) is 1.53. The highest BCUT2D eigenvalue weighted by molar-refractivity contribution is 9.10. The SMILES string of the molecule is Cc1cc(C)c(S(=O)(=O)Nc2cnc3ccccc3c2)cc1Br. The first-order valence-corrected chi connectivity index (χ1v) is 9.29. The summed E-state index contributed by atoms with van der Waals surface area (Å²) < 4.78 is 28.7. The lowest BCUT2D eigenvalue weighted by molar-refractivity contribution is 0.600. The van der Waals surface area contributed by atoms with Gasteiger partial charge in [0.05, 0.1) is 22.3 Å². The summed E-state index contributed by atoms with van der Waals surface area (Å²) in [7, 11) is -3.67. The molecule has 0 aliphatic heterocycles.